The van der Waals surface area contributed by atoms with Crippen LogP contribution in [0.5, 0.6) is 5.75 Å². The predicted octanol–water partition coefficient (Wildman–Crippen LogP) is 1.34. The molecule has 4 atom stereocenters. The van der Waals surface area contributed by atoms with Gasteiger partial charge in [-0.25, -0.2) is 19.7 Å². The van der Waals surface area contributed by atoms with E-state index in [2.05, 4.69) is 15.0 Å². The molecule has 3 aromatic rings. The van der Waals surface area contributed by atoms with Crippen LogP contribution in [0.3, 0.4) is 0 Å². The molecule has 0 saturated carbocycles. The van der Waals surface area contributed by atoms with Gasteiger partial charge in [0.05, 0.1) is 11.3 Å². The van der Waals surface area contributed by atoms with E-state index in [-0.39, 0.29) is 17.3 Å². The zero-order valence-corrected chi connectivity index (χ0v) is 16.9. The number of carbonyl (C=O) groups excluding carboxylic acids is 1. The minimum absolute atomic E-state index is 0.121. The van der Waals surface area contributed by atoms with E-state index in [1.165, 1.54) is 36.9 Å². The molecule has 13 nitrogen and oxygen atoms in total. The number of hydrogen-bond acceptors (Lipinski definition) is 11. The second-order valence-electron chi connectivity index (χ2n) is 7.77. The van der Waals surface area contributed by atoms with Crippen molar-refractivity contribution in [1.29, 1.82) is 0 Å². The maximum absolute atomic E-state index is 12.9. The van der Waals surface area contributed by atoms with Crippen molar-refractivity contribution in [2.45, 2.75) is 44.2 Å². The first-order valence-corrected chi connectivity index (χ1v) is 9.64. The predicted molar refractivity (Wildman–Crippen MR) is 106 cm³/mol. The molecule has 2 N–H and O–H groups in total. The van der Waals surface area contributed by atoms with E-state index in [1.807, 2.05) is 0 Å². The largest absolute Gasteiger partial charge is 0.425 e. The lowest BCUT2D eigenvalue weighted by Gasteiger charge is -2.24. The van der Waals surface area contributed by atoms with Crippen molar-refractivity contribution in [3.05, 3.63) is 47.0 Å². The molecular weight excluding hydrogens is 424 g/mol. The van der Waals surface area contributed by atoms with Crippen LogP contribution in [0.25, 0.3) is 11.2 Å². The summed E-state index contributed by atoms with van der Waals surface area (Å²) in [6.07, 6.45) is -0.561. The summed E-state index contributed by atoms with van der Waals surface area (Å²) < 4.78 is 24.9. The van der Waals surface area contributed by atoms with Crippen LogP contribution in [0.4, 0.5) is 11.5 Å². The Balaban J connectivity index is 1.43. The van der Waals surface area contributed by atoms with Crippen molar-refractivity contribution < 1.29 is 28.7 Å². The number of nitro benzene ring substituents is 1. The van der Waals surface area contributed by atoms with Crippen LogP contribution in [0, 0.1) is 10.1 Å². The monoisotopic (exact) mass is 442 g/mol. The number of aromatic nitrogens is 4. The number of hydrogen-bond donors (Lipinski definition) is 1. The molecule has 2 fully saturated rings. The number of benzene rings is 1. The van der Waals surface area contributed by atoms with Gasteiger partial charge in [-0.2, -0.15) is 0 Å². The molecule has 4 heterocycles. The summed E-state index contributed by atoms with van der Waals surface area (Å²) in [5.41, 5.74) is 6.56. The number of nitro groups is 1. The fourth-order valence-corrected chi connectivity index (χ4v) is 3.86. The van der Waals surface area contributed by atoms with E-state index in [4.69, 9.17) is 24.7 Å². The summed E-state index contributed by atoms with van der Waals surface area (Å²) in [5.74, 6) is -1.35. The van der Waals surface area contributed by atoms with Gasteiger partial charge in [-0.3, -0.25) is 14.7 Å². The summed E-state index contributed by atoms with van der Waals surface area (Å²) in [4.78, 5) is 35.6. The number of fused-ring (bicyclic) bond motifs is 2. The van der Waals surface area contributed by atoms with Gasteiger partial charge in [-0.05, 0) is 26.0 Å². The van der Waals surface area contributed by atoms with Crippen LogP contribution in [0.1, 0.15) is 20.1 Å². The zero-order chi connectivity index (χ0) is 22.6. The fraction of sp³-hybridized carbons (Fsp3) is 0.368. The van der Waals surface area contributed by atoms with Crippen LogP contribution in [-0.2, 0) is 19.0 Å². The standard InChI is InChI=1S/C19H18N6O7/c1-19(2)31-12-13(32-19)17(24-8-23-11-15(20)21-7-22-16(11)24)30-14(12)18(26)29-10-5-3-9(4-6-10)25(27)28/h3-8,12-14,17H,1-2H3,(H2,20,21,22)/t12-,13+,14-,17+/m0/s1. The minimum Gasteiger partial charge on any atom is -0.425 e. The normalized spacial score (nSPS) is 26.2. The molecule has 0 spiro atoms. The topological polar surface area (TPSA) is 167 Å². The van der Waals surface area contributed by atoms with Crippen LogP contribution in [0.2, 0.25) is 0 Å². The highest BCUT2D eigenvalue weighted by Gasteiger charge is 2.59. The van der Waals surface area contributed by atoms with Gasteiger partial charge in [0.15, 0.2) is 29.6 Å². The Morgan fingerprint density at radius 2 is 1.91 bits per heavy atom. The molecule has 32 heavy (non-hydrogen) atoms. The van der Waals surface area contributed by atoms with Gasteiger partial charge in [0.25, 0.3) is 5.69 Å². The van der Waals surface area contributed by atoms with Gasteiger partial charge in [0, 0.05) is 12.1 Å². The Hall–Kier alpha value is -3.68. The molecule has 2 aliphatic rings. The molecule has 2 aromatic heterocycles. The number of rotatable bonds is 4. The molecular formula is C19H18N6O7. The molecule has 0 bridgehead atoms. The highest BCUT2D eigenvalue weighted by Crippen LogP contribution is 2.44. The van der Waals surface area contributed by atoms with Gasteiger partial charge < -0.3 is 24.7 Å². The van der Waals surface area contributed by atoms with E-state index in [1.54, 1.807) is 18.4 Å². The first-order valence-electron chi connectivity index (χ1n) is 9.64. The van der Waals surface area contributed by atoms with E-state index in [0.717, 1.165) is 0 Å². The third-order valence-electron chi connectivity index (χ3n) is 5.19. The Labute approximate surface area is 180 Å². The number of esters is 1. The highest BCUT2D eigenvalue weighted by atomic mass is 16.8. The molecule has 2 aliphatic heterocycles. The Morgan fingerprint density at radius 3 is 2.62 bits per heavy atom. The zero-order valence-electron chi connectivity index (χ0n) is 16.9. The number of carbonyl (C=O) groups is 1. The van der Waals surface area contributed by atoms with Gasteiger partial charge >= 0.3 is 5.97 Å². The van der Waals surface area contributed by atoms with Crippen LogP contribution >= 0.6 is 0 Å². The fourth-order valence-electron chi connectivity index (χ4n) is 3.86. The third-order valence-corrected chi connectivity index (χ3v) is 5.19. The van der Waals surface area contributed by atoms with E-state index >= 15 is 0 Å². The smallest absolute Gasteiger partial charge is 0.343 e. The third kappa shape index (κ3) is 3.32. The summed E-state index contributed by atoms with van der Waals surface area (Å²) in [7, 11) is 0. The Morgan fingerprint density at radius 1 is 1.19 bits per heavy atom. The Kier molecular flexibility index (Phi) is 4.54. The first kappa shape index (κ1) is 20.2. The van der Waals surface area contributed by atoms with E-state index in [9.17, 15) is 14.9 Å². The summed E-state index contributed by atoms with van der Waals surface area (Å²) >= 11 is 0. The number of nitrogens with two attached hydrogens (primary N) is 1. The maximum atomic E-state index is 12.9. The van der Waals surface area contributed by atoms with Gasteiger partial charge in [-0.15, -0.1) is 0 Å². The van der Waals surface area contributed by atoms with Gasteiger partial charge in [0.2, 0.25) is 0 Å². The molecule has 0 unspecified atom stereocenters. The molecule has 0 aliphatic carbocycles. The quantitative estimate of drug-likeness (QED) is 0.268. The van der Waals surface area contributed by atoms with Crippen molar-refractivity contribution in [2.75, 3.05) is 5.73 Å². The molecule has 0 amide bonds. The molecule has 13 heteroatoms. The number of anilines is 1. The van der Waals surface area contributed by atoms with Crippen LogP contribution < -0.4 is 10.5 Å². The average Bonchev–Trinajstić information content (AvgIpc) is 3.39. The maximum Gasteiger partial charge on any atom is 0.343 e. The lowest BCUT2D eigenvalue weighted by atomic mass is 10.1. The SMILES string of the molecule is CC1(C)O[C@@H]2[C@H](O1)[C@@H](C(=O)Oc1ccc([N+](=O)[O-])cc1)O[C@H]2n1cnc2c(N)ncnc21. The second-order valence-corrected chi connectivity index (χ2v) is 7.77. The van der Waals surface area contributed by atoms with Crippen molar-refractivity contribution in [3.8, 4) is 5.75 Å². The number of nitrogen functional groups attached to an aromatic ring is 1. The lowest BCUT2D eigenvalue weighted by Crippen LogP contribution is -2.38. The molecule has 166 valence electrons. The minimum atomic E-state index is -1.13. The van der Waals surface area contributed by atoms with E-state index in [0.29, 0.717) is 11.2 Å². The second kappa shape index (κ2) is 7.19. The number of non-ortho nitro benzene ring substituents is 1. The lowest BCUT2D eigenvalue weighted by molar-refractivity contribution is -0.384. The summed E-state index contributed by atoms with van der Waals surface area (Å²) in [6.45, 7) is 3.46. The number of nitrogens with zero attached hydrogens (tertiary/aromatic N) is 5. The first-order chi connectivity index (χ1) is 15.2. The summed E-state index contributed by atoms with van der Waals surface area (Å²) in [6, 6.07) is 5.14. The van der Waals surface area contributed by atoms with Gasteiger partial charge in [0.1, 0.15) is 29.8 Å². The van der Waals surface area contributed by atoms with E-state index < -0.39 is 41.2 Å². The van der Waals surface area contributed by atoms with Crippen molar-refractivity contribution in [3.63, 3.8) is 0 Å². The summed E-state index contributed by atoms with van der Waals surface area (Å²) in [5, 5.41) is 10.8. The Bertz CT molecular complexity index is 1210. The number of ether oxygens (including phenoxy) is 4. The molecule has 2 saturated heterocycles. The molecule has 0 radical (unpaired) electrons. The molecule has 1 aromatic carbocycles. The van der Waals surface area contributed by atoms with Gasteiger partial charge in [-0.1, -0.05) is 0 Å². The van der Waals surface area contributed by atoms with Crippen molar-refractivity contribution >= 4 is 28.6 Å². The van der Waals surface area contributed by atoms with Crippen LogP contribution in [-0.4, -0.2) is 54.5 Å². The average molecular weight is 442 g/mol. The van der Waals surface area contributed by atoms with Crippen molar-refractivity contribution in [1.82, 2.24) is 19.5 Å². The highest BCUT2D eigenvalue weighted by molar-refractivity contribution is 5.81. The molecule has 5 rings (SSSR count). The van der Waals surface area contributed by atoms with Crippen LogP contribution in [0.15, 0.2) is 36.9 Å². The van der Waals surface area contributed by atoms with Crippen molar-refractivity contribution in [2.24, 2.45) is 0 Å². The number of imidazole rings is 1.